The Hall–Kier alpha value is -1.89. The first kappa shape index (κ1) is 11.6. The number of nitrogens with zero attached hydrogens (tertiary/aromatic N) is 5. The van der Waals surface area contributed by atoms with Gasteiger partial charge >= 0.3 is 0 Å². The van der Waals surface area contributed by atoms with Crippen molar-refractivity contribution in [3.05, 3.63) is 16.5 Å². The lowest BCUT2D eigenvalue weighted by atomic mass is 10.3. The van der Waals surface area contributed by atoms with Crippen molar-refractivity contribution >= 4 is 17.4 Å². The Balaban J connectivity index is 2.41. The Labute approximate surface area is 103 Å². The van der Waals surface area contributed by atoms with Crippen molar-refractivity contribution in [1.29, 1.82) is 10.5 Å². The second-order valence-corrected chi connectivity index (χ2v) is 3.72. The van der Waals surface area contributed by atoms with E-state index in [1.807, 2.05) is 11.0 Å². The van der Waals surface area contributed by atoms with Crippen LogP contribution in [0.4, 0.5) is 5.82 Å². The molecule has 0 saturated carbocycles. The third kappa shape index (κ3) is 2.28. The summed E-state index contributed by atoms with van der Waals surface area (Å²) in [5.74, 6) is 0.436. The van der Waals surface area contributed by atoms with Crippen LogP contribution in [0.3, 0.4) is 0 Å². The molecule has 1 aliphatic rings. The number of halogens is 1. The zero-order valence-corrected chi connectivity index (χ0v) is 9.61. The smallest absolute Gasteiger partial charge is 0.179 e. The molecule has 0 atom stereocenters. The summed E-state index contributed by atoms with van der Waals surface area (Å²) in [7, 11) is 0. The number of anilines is 1. The highest BCUT2D eigenvalue weighted by molar-refractivity contribution is 6.31. The lowest BCUT2D eigenvalue weighted by Crippen LogP contribution is -2.37. The maximum atomic E-state index is 8.87. The molecule has 0 amide bonds. The van der Waals surface area contributed by atoms with Crippen LogP contribution in [0.5, 0.6) is 0 Å². The fourth-order valence-corrected chi connectivity index (χ4v) is 1.78. The number of aromatic nitrogens is 2. The molecule has 0 N–H and O–H groups in total. The molecule has 6 nitrogen and oxygen atoms in total. The number of hydrogen-bond donors (Lipinski definition) is 0. The highest BCUT2D eigenvalue weighted by Crippen LogP contribution is 2.23. The highest BCUT2D eigenvalue weighted by atomic mass is 35.5. The molecular formula is C10H8ClN5O. The Morgan fingerprint density at radius 2 is 1.71 bits per heavy atom. The van der Waals surface area contributed by atoms with Crippen molar-refractivity contribution in [2.75, 3.05) is 31.2 Å². The third-order valence-corrected chi connectivity index (χ3v) is 2.61. The molecule has 1 aromatic rings. The molecule has 0 spiro atoms. The molecule has 0 bridgehead atoms. The molecule has 1 aliphatic heterocycles. The monoisotopic (exact) mass is 249 g/mol. The summed E-state index contributed by atoms with van der Waals surface area (Å²) in [6, 6.07) is 3.63. The van der Waals surface area contributed by atoms with E-state index in [2.05, 4.69) is 9.97 Å². The van der Waals surface area contributed by atoms with Gasteiger partial charge in [-0.2, -0.15) is 10.5 Å². The first-order valence-electron chi connectivity index (χ1n) is 4.96. The third-order valence-electron chi connectivity index (χ3n) is 2.36. The van der Waals surface area contributed by atoms with Gasteiger partial charge in [-0.3, -0.25) is 0 Å². The predicted molar refractivity (Wildman–Crippen MR) is 59.5 cm³/mol. The lowest BCUT2D eigenvalue weighted by molar-refractivity contribution is 0.122. The first-order valence-corrected chi connectivity index (χ1v) is 5.34. The molecule has 1 saturated heterocycles. The Morgan fingerprint density at radius 1 is 1.12 bits per heavy atom. The molecule has 86 valence electrons. The van der Waals surface area contributed by atoms with E-state index in [1.165, 1.54) is 0 Å². The topological polar surface area (TPSA) is 85.8 Å². The number of ether oxygens (including phenoxy) is 1. The van der Waals surface area contributed by atoms with Gasteiger partial charge in [0.1, 0.15) is 12.1 Å². The average molecular weight is 250 g/mol. The van der Waals surface area contributed by atoms with Gasteiger partial charge in [0.05, 0.1) is 13.2 Å². The van der Waals surface area contributed by atoms with Crippen molar-refractivity contribution in [3.8, 4) is 12.1 Å². The van der Waals surface area contributed by atoms with Crippen LogP contribution in [0.1, 0.15) is 11.4 Å². The fourth-order valence-electron chi connectivity index (χ4n) is 1.54. The zero-order chi connectivity index (χ0) is 12.3. The minimum absolute atomic E-state index is 0.00149. The number of morpholine rings is 1. The molecule has 7 heteroatoms. The molecule has 0 radical (unpaired) electrons. The van der Waals surface area contributed by atoms with Crippen LogP contribution in [-0.2, 0) is 4.74 Å². The van der Waals surface area contributed by atoms with E-state index >= 15 is 0 Å². The first-order chi connectivity index (χ1) is 8.26. The highest BCUT2D eigenvalue weighted by Gasteiger charge is 2.19. The maximum absolute atomic E-state index is 8.87. The van der Waals surface area contributed by atoms with Gasteiger partial charge in [-0.05, 0) is 0 Å². The summed E-state index contributed by atoms with van der Waals surface area (Å²) in [4.78, 5) is 9.84. The lowest BCUT2D eigenvalue weighted by Gasteiger charge is -2.28. The van der Waals surface area contributed by atoms with E-state index < -0.39 is 0 Å². The number of hydrogen-bond acceptors (Lipinski definition) is 6. The van der Waals surface area contributed by atoms with Crippen molar-refractivity contribution in [3.63, 3.8) is 0 Å². The van der Waals surface area contributed by atoms with Crippen LogP contribution in [-0.4, -0.2) is 36.3 Å². The second kappa shape index (κ2) is 4.96. The van der Waals surface area contributed by atoms with E-state index in [0.29, 0.717) is 32.1 Å². The van der Waals surface area contributed by atoms with Crippen LogP contribution >= 0.6 is 11.6 Å². The van der Waals surface area contributed by atoms with Crippen molar-refractivity contribution in [2.45, 2.75) is 0 Å². The largest absolute Gasteiger partial charge is 0.378 e. The van der Waals surface area contributed by atoms with Crippen LogP contribution in [0.15, 0.2) is 0 Å². The second-order valence-electron chi connectivity index (χ2n) is 3.36. The average Bonchev–Trinajstić information content (AvgIpc) is 2.39. The Kier molecular flexibility index (Phi) is 3.38. The van der Waals surface area contributed by atoms with Gasteiger partial charge in [-0.25, -0.2) is 9.97 Å². The number of nitriles is 2. The Bertz CT molecular complexity index is 513. The van der Waals surface area contributed by atoms with Crippen LogP contribution in [0, 0.1) is 22.7 Å². The van der Waals surface area contributed by atoms with Gasteiger partial charge < -0.3 is 9.64 Å². The summed E-state index contributed by atoms with van der Waals surface area (Å²) < 4.78 is 5.21. The van der Waals surface area contributed by atoms with E-state index in [-0.39, 0.29) is 16.5 Å². The SMILES string of the molecule is N#Cc1nc(Cl)c(N2CCOCC2)nc1C#N. The predicted octanol–water partition coefficient (Wildman–Crippen LogP) is 0.710. The van der Waals surface area contributed by atoms with E-state index in [0.717, 1.165) is 0 Å². The minimum Gasteiger partial charge on any atom is -0.378 e. The Morgan fingerprint density at radius 3 is 2.29 bits per heavy atom. The summed E-state index contributed by atoms with van der Waals surface area (Å²) in [5, 5.41) is 17.8. The normalized spacial score (nSPS) is 15.1. The molecule has 0 aromatic carbocycles. The minimum atomic E-state index is -0.0468. The summed E-state index contributed by atoms with van der Waals surface area (Å²) >= 11 is 5.95. The maximum Gasteiger partial charge on any atom is 0.179 e. The molecule has 1 fully saturated rings. The zero-order valence-electron chi connectivity index (χ0n) is 8.85. The molecule has 1 aromatic heterocycles. The van der Waals surface area contributed by atoms with Gasteiger partial charge in [-0.1, -0.05) is 11.6 Å². The molecule has 0 unspecified atom stereocenters. The van der Waals surface area contributed by atoms with Crippen LogP contribution < -0.4 is 4.90 Å². The van der Waals surface area contributed by atoms with Gasteiger partial charge in [-0.15, -0.1) is 0 Å². The van der Waals surface area contributed by atoms with Crippen LogP contribution in [0.2, 0.25) is 5.15 Å². The van der Waals surface area contributed by atoms with Crippen molar-refractivity contribution in [2.24, 2.45) is 0 Å². The molecule has 0 aliphatic carbocycles. The fraction of sp³-hybridized carbons (Fsp3) is 0.400. The van der Waals surface area contributed by atoms with Gasteiger partial charge in [0.25, 0.3) is 0 Å². The molecule has 2 rings (SSSR count). The quantitative estimate of drug-likeness (QED) is 0.729. The van der Waals surface area contributed by atoms with E-state index in [9.17, 15) is 0 Å². The summed E-state index contributed by atoms with van der Waals surface area (Å²) in [6.07, 6.45) is 0. The summed E-state index contributed by atoms with van der Waals surface area (Å²) in [5.41, 5.74) is -0.0482. The standard InChI is InChI=1S/C10H8ClN5O/c11-9-10(16-1-3-17-4-2-16)15-8(6-13)7(5-12)14-9/h1-4H2. The summed E-state index contributed by atoms with van der Waals surface area (Å²) in [6.45, 7) is 2.45. The number of rotatable bonds is 1. The van der Waals surface area contributed by atoms with E-state index in [4.69, 9.17) is 26.9 Å². The molecular weight excluding hydrogens is 242 g/mol. The van der Waals surface area contributed by atoms with Crippen molar-refractivity contribution in [1.82, 2.24) is 9.97 Å². The van der Waals surface area contributed by atoms with Gasteiger partial charge in [0.15, 0.2) is 22.4 Å². The van der Waals surface area contributed by atoms with Crippen molar-refractivity contribution < 1.29 is 4.74 Å². The van der Waals surface area contributed by atoms with Gasteiger partial charge in [0.2, 0.25) is 0 Å². The molecule has 2 heterocycles. The molecule has 17 heavy (non-hydrogen) atoms. The van der Waals surface area contributed by atoms with Crippen LogP contribution in [0.25, 0.3) is 0 Å². The van der Waals surface area contributed by atoms with E-state index in [1.54, 1.807) is 6.07 Å². The van der Waals surface area contributed by atoms with Gasteiger partial charge in [0, 0.05) is 13.1 Å².